The van der Waals surface area contributed by atoms with Crippen LogP contribution in [0.3, 0.4) is 0 Å². The second kappa shape index (κ2) is 5.58. The molecule has 94 valence electrons. The number of aliphatic carboxylic acids is 2. The van der Waals surface area contributed by atoms with Gasteiger partial charge in [0.05, 0.1) is 0 Å². The van der Waals surface area contributed by atoms with Crippen molar-refractivity contribution in [2.75, 3.05) is 19.6 Å². The van der Waals surface area contributed by atoms with Crippen molar-refractivity contribution < 1.29 is 24.6 Å². The molecule has 2 bridgehead atoms. The molecule has 2 N–H and O–H groups in total. The monoisotopic (exact) mass is 241 g/mol. The van der Waals surface area contributed by atoms with Crippen molar-refractivity contribution in [1.82, 2.24) is 4.90 Å². The lowest BCUT2D eigenvalue weighted by atomic mass is 9.98. The summed E-state index contributed by atoms with van der Waals surface area (Å²) in [6.45, 7) is 5.11. The van der Waals surface area contributed by atoms with E-state index < -0.39 is 11.9 Å². The number of carbonyl (C=O) groups is 3. The van der Waals surface area contributed by atoms with Crippen molar-refractivity contribution in [2.24, 2.45) is 5.92 Å². The molecule has 0 amide bonds. The van der Waals surface area contributed by atoms with Crippen LogP contribution in [0.5, 0.6) is 0 Å². The summed E-state index contributed by atoms with van der Waals surface area (Å²) in [4.78, 5) is 31.4. The molecule has 2 saturated heterocycles. The summed E-state index contributed by atoms with van der Waals surface area (Å²) in [5.74, 6) is -2.74. The first-order chi connectivity index (χ1) is 7.90. The quantitative estimate of drug-likeness (QED) is 0.495. The minimum atomic E-state index is -1.82. The molecule has 0 aliphatic carbocycles. The third-order valence-electron chi connectivity index (χ3n) is 2.77. The smallest absolute Gasteiger partial charge is 0.414 e. The Morgan fingerprint density at radius 1 is 1.29 bits per heavy atom. The molecular weight excluding hydrogens is 226 g/mol. The number of hydrogen-bond donors (Lipinski definition) is 2. The highest BCUT2D eigenvalue weighted by Crippen LogP contribution is 2.31. The Balaban J connectivity index is 0.000000209. The summed E-state index contributed by atoms with van der Waals surface area (Å²) in [5.41, 5.74) is 1.36. The largest absolute Gasteiger partial charge is 0.473 e. The van der Waals surface area contributed by atoms with Crippen LogP contribution >= 0.6 is 0 Å². The molecule has 0 aromatic carbocycles. The summed E-state index contributed by atoms with van der Waals surface area (Å²) < 4.78 is 0. The Kier molecular flexibility index (Phi) is 4.39. The van der Waals surface area contributed by atoms with Crippen molar-refractivity contribution in [1.29, 1.82) is 0 Å². The van der Waals surface area contributed by atoms with Gasteiger partial charge in [-0.1, -0.05) is 0 Å². The van der Waals surface area contributed by atoms with Crippen molar-refractivity contribution in [3.63, 3.8) is 0 Å². The predicted molar refractivity (Wildman–Crippen MR) is 58.6 cm³/mol. The van der Waals surface area contributed by atoms with Gasteiger partial charge in [-0.25, -0.2) is 9.59 Å². The van der Waals surface area contributed by atoms with Gasteiger partial charge in [-0.2, -0.15) is 0 Å². The number of nitrogens with zero attached hydrogens (tertiary/aromatic N) is 1. The van der Waals surface area contributed by atoms with Gasteiger partial charge in [-0.15, -0.1) is 0 Å². The van der Waals surface area contributed by atoms with Crippen LogP contribution in [0, 0.1) is 5.92 Å². The standard InChI is InChI=1S/C9H13NO.C2H2O4/c1-7(11)4-9-6-10-3-2-8(9)5-10;3-1(4)2(5)6/h4,8H,2-3,5-6H2,1H3;(H,3,4)(H,5,6)/b9-4+;. The molecule has 6 heteroatoms. The van der Waals surface area contributed by atoms with Crippen LogP contribution in [0.2, 0.25) is 0 Å². The molecule has 2 aliphatic heterocycles. The topological polar surface area (TPSA) is 94.9 Å². The number of hydrogen-bond acceptors (Lipinski definition) is 4. The summed E-state index contributed by atoms with van der Waals surface area (Å²) in [6, 6.07) is 0. The van der Waals surface area contributed by atoms with Crippen LogP contribution in [0.25, 0.3) is 0 Å². The third kappa shape index (κ3) is 3.99. The number of piperidine rings is 1. The Morgan fingerprint density at radius 2 is 1.88 bits per heavy atom. The number of carbonyl (C=O) groups excluding carboxylic acids is 1. The molecule has 0 aromatic rings. The number of ketones is 1. The maximum atomic E-state index is 10.8. The van der Waals surface area contributed by atoms with Gasteiger partial charge in [-0.3, -0.25) is 9.69 Å². The first-order valence-corrected chi connectivity index (χ1v) is 5.29. The first-order valence-electron chi connectivity index (χ1n) is 5.29. The summed E-state index contributed by atoms with van der Waals surface area (Å²) >= 11 is 0. The Morgan fingerprint density at radius 3 is 2.18 bits per heavy atom. The van der Waals surface area contributed by atoms with E-state index in [9.17, 15) is 4.79 Å². The maximum Gasteiger partial charge on any atom is 0.414 e. The summed E-state index contributed by atoms with van der Waals surface area (Å²) in [6.07, 6.45) is 3.09. The molecular formula is C11H15NO5. The second-order valence-corrected chi connectivity index (χ2v) is 4.16. The highest BCUT2D eigenvalue weighted by molar-refractivity contribution is 6.27. The van der Waals surface area contributed by atoms with Crippen molar-refractivity contribution in [2.45, 2.75) is 13.3 Å². The van der Waals surface area contributed by atoms with E-state index in [4.69, 9.17) is 19.8 Å². The molecule has 0 saturated carbocycles. The Bertz CT molecular complexity index is 362. The molecule has 2 rings (SSSR count). The van der Waals surface area contributed by atoms with Crippen molar-refractivity contribution >= 4 is 17.7 Å². The van der Waals surface area contributed by atoms with Gasteiger partial charge in [0.2, 0.25) is 0 Å². The van der Waals surface area contributed by atoms with Crippen LogP contribution in [0.1, 0.15) is 13.3 Å². The molecule has 2 aliphatic rings. The van der Waals surface area contributed by atoms with E-state index in [-0.39, 0.29) is 5.78 Å². The van der Waals surface area contributed by atoms with Gasteiger partial charge in [-0.05, 0) is 37.5 Å². The Labute approximate surface area is 98.5 Å². The minimum absolute atomic E-state index is 0.203. The summed E-state index contributed by atoms with van der Waals surface area (Å²) in [5, 5.41) is 14.8. The van der Waals surface area contributed by atoms with E-state index in [0.717, 1.165) is 6.54 Å². The van der Waals surface area contributed by atoms with Crippen LogP contribution in [0.4, 0.5) is 0 Å². The highest BCUT2D eigenvalue weighted by Gasteiger charge is 2.33. The van der Waals surface area contributed by atoms with E-state index in [0.29, 0.717) is 5.92 Å². The zero-order chi connectivity index (χ0) is 13.0. The van der Waals surface area contributed by atoms with Crippen molar-refractivity contribution in [3.05, 3.63) is 11.6 Å². The lowest BCUT2D eigenvalue weighted by Gasteiger charge is -2.13. The van der Waals surface area contributed by atoms with Gasteiger partial charge >= 0.3 is 11.9 Å². The molecule has 2 unspecified atom stereocenters. The SMILES string of the molecule is CC(=O)/C=C1\CN2CCC1C2.O=C(O)C(=O)O. The number of allylic oxidation sites excluding steroid dienone is 1. The van der Waals surface area contributed by atoms with E-state index in [1.54, 1.807) is 6.92 Å². The number of carboxylic acid groups (broad SMARTS) is 2. The molecule has 6 nitrogen and oxygen atoms in total. The van der Waals surface area contributed by atoms with Crippen LogP contribution in [-0.2, 0) is 14.4 Å². The molecule has 17 heavy (non-hydrogen) atoms. The zero-order valence-electron chi connectivity index (χ0n) is 9.55. The van der Waals surface area contributed by atoms with Crippen LogP contribution < -0.4 is 0 Å². The predicted octanol–water partition coefficient (Wildman–Crippen LogP) is -0.00710. The first kappa shape index (κ1) is 13.4. The molecule has 2 heterocycles. The molecule has 0 radical (unpaired) electrons. The van der Waals surface area contributed by atoms with Gasteiger partial charge < -0.3 is 10.2 Å². The maximum absolute atomic E-state index is 10.8. The van der Waals surface area contributed by atoms with E-state index >= 15 is 0 Å². The number of fused-ring (bicyclic) bond motifs is 2. The van der Waals surface area contributed by atoms with E-state index in [1.165, 1.54) is 25.1 Å². The second-order valence-electron chi connectivity index (χ2n) is 4.16. The minimum Gasteiger partial charge on any atom is -0.473 e. The average Bonchev–Trinajstić information content (AvgIpc) is 2.78. The molecule has 2 atom stereocenters. The van der Waals surface area contributed by atoms with E-state index in [1.807, 2.05) is 6.08 Å². The van der Waals surface area contributed by atoms with Crippen LogP contribution in [-0.4, -0.2) is 52.5 Å². The molecule has 0 spiro atoms. The Hall–Kier alpha value is -1.69. The average molecular weight is 241 g/mol. The zero-order valence-corrected chi connectivity index (χ0v) is 9.55. The van der Waals surface area contributed by atoms with Crippen LogP contribution in [0.15, 0.2) is 11.6 Å². The van der Waals surface area contributed by atoms with Gasteiger partial charge in [0.25, 0.3) is 0 Å². The normalized spacial score (nSPS) is 27.5. The molecule has 0 aromatic heterocycles. The lowest BCUT2D eigenvalue weighted by molar-refractivity contribution is -0.159. The third-order valence-corrected chi connectivity index (χ3v) is 2.77. The highest BCUT2D eigenvalue weighted by atomic mass is 16.4. The summed E-state index contributed by atoms with van der Waals surface area (Å²) in [7, 11) is 0. The fourth-order valence-corrected chi connectivity index (χ4v) is 2.09. The van der Waals surface area contributed by atoms with Gasteiger partial charge in [0, 0.05) is 13.1 Å². The van der Waals surface area contributed by atoms with Crippen molar-refractivity contribution in [3.8, 4) is 0 Å². The fraction of sp³-hybridized carbons (Fsp3) is 0.545. The van der Waals surface area contributed by atoms with Gasteiger partial charge in [0.15, 0.2) is 5.78 Å². The number of rotatable bonds is 1. The molecule has 2 fully saturated rings. The lowest BCUT2D eigenvalue weighted by Crippen LogP contribution is -2.18. The van der Waals surface area contributed by atoms with Gasteiger partial charge in [0.1, 0.15) is 0 Å². The fourth-order valence-electron chi connectivity index (χ4n) is 2.09. The number of carboxylic acids is 2. The van der Waals surface area contributed by atoms with E-state index in [2.05, 4.69) is 4.90 Å².